The smallest absolute Gasteiger partial charge is 0.239 e. The number of ether oxygens (including phenoxy) is 1. The molecule has 102 valence electrons. The van der Waals surface area contributed by atoms with Crippen LogP contribution in [-0.4, -0.2) is 63.1 Å². The van der Waals surface area contributed by atoms with Gasteiger partial charge in [-0.3, -0.25) is 4.79 Å². The van der Waals surface area contributed by atoms with E-state index >= 15 is 0 Å². The topological polar surface area (TPSA) is 113 Å². The lowest BCUT2D eigenvalue weighted by molar-refractivity contribution is -0.138. The molecule has 1 amide bonds. The van der Waals surface area contributed by atoms with Crippen molar-refractivity contribution in [2.45, 2.75) is 18.6 Å². The second kappa shape index (κ2) is 6.13. The Balaban J connectivity index is 2.51. The van der Waals surface area contributed by atoms with E-state index in [1.807, 2.05) is 6.07 Å². The first-order valence-corrected chi connectivity index (χ1v) is 7.63. The van der Waals surface area contributed by atoms with Gasteiger partial charge in [0.05, 0.1) is 31.0 Å². The second-order valence-corrected chi connectivity index (χ2v) is 6.56. The van der Waals surface area contributed by atoms with Gasteiger partial charge in [-0.2, -0.15) is 5.26 Å². The molecule has 2 unspecified atom stereocenters. The number of nitriles is 1. The molecule has 7 nitrogen and oxygen atoms in total. The van der Waals surface area contributed by atoms with Crippen molar-refractivity contribution < 1.29 is 17.9 Å². The largest absolute Gasteiger partial charge is 0.360 e. The number of hydrogen-bond donors (Lipinski definition) is 1. The first-order chi connectivity index (χ1) is 8.33. The lowest BCUT2D eigenvalue weighted by atomic mass is 10.2. The van der Waals surface area contributed by atoms with E-state index < -0.39 is 22.0 Å². The SMILES string of the molecule is CS(=O)(=O)CCC(N)C(=O)N1CCOC(C#N)C1. The van der Waals surface area contributed by atoms with Crippen molar-refractivity contribution in [2.24, 2.45) is 5.73 Å². The van der Waals surface area contributed by atoms with Crippen LogP contribution in [-0.2, 0) is 19.4 Å². The maximum Gasteiger partial charge on any atom is 0.239 e. The lowest BCUT2D eigenvalue weighted by Crippen LogP contribution is -2.51. The number of nitrogens with two attached hydrogens (primary N) is 1. The van der Waals surface area contributed by atoms with Gasteiger partial charge >= 0.3 is 0 Å². The third kappa shape index (κ3) is 4.60. The molecule has 0 aromatic rings. The summed E-state index contributed by atoms with van der Waals surface area (Å²) >= 11 is 0. The molecule has 18 heavy (non-hydrogen) atoms. The number of amides is 1. The van der Waals surface area contributed by atoms with E-state index in [2.05, 4.69) is 0 Å². The predicted molar refractivity (Wildman–Crippen MR) is 64.2 cm³/mol. The highest BCUT2D eigenvalue weighted by Crippen LogP contribution is 2.07. The predicted octanol–water partition coefficient (Wildman–Crippen LogP) is -1.50. The minimum Gasteiger partial charge on any atom is -0.360 e. The minimum atomic E-state index is -3.13. The summed E-state index contributed by atoms with van der Waals surface area (Å²) in [5.74, 6) is -0.450. The number of rotatable bonds is 4. The Hall–Kier alpha value is -1.17. The summed E-state index contributed by atoms with van der Waals surface area (Å²) in [5.41, 5.74) is 5.66. The lowest BCUT2D eigenvalue weighted by Gasteiger charge is -2.31. The van der Waals surface area contributed by atoms with E-state index in [1.165, 1.54) is 4.90 Å². The third-order valence-corrected chi connectivity index (χ3v) is 3.62. The number of carbonyl (C=O) groups excluding carboxylic acids is 1. The van der Waals surface area contributed by atoms with Crippen LogP contribution in [0.1, 0.15) is 6.42 Å². The molecule has 0 aromatic heterocycles. The maximum absolute atomic E-state index is 11.9. The highest BCUT2D eigenvalue weighted by atomic mass is 32.2. The first-order valence-electron chi connectivity index (χ1n) is 5.57. The molecular weight excluding hydrogens is 258 g/mol. The Morgan fingerprint density at radius 3 is 2.89 bits per heavy atom. The van der Waals surface area contributed by atoms with Gasteiger partial charge in [0.1, 0.15) is 9.84 Å². The van der Waals surface area contributed by atoms with Gasteiger partial charge in [0.15, 0.2) is 6.10 Å². The zero-order valence-electron chi connectivity index (χ0n) is 10.2. The normalized spacial score (nSPS) is 22.3. The van der Waals surface area contributed by atoms with Crippen LogP contribution in [0.15, 0.2) is 0 Å². The number of sulfone groups is 1. The summed E-state index contributed by atoms with van der Waals surface area (Å²) in [6.45, 7) is 0.855. The zero-order valence-corrected chi connectivity index (χ0v) is 11.0. The van der Waals surface area contributed by atoms with E-state index in [0.29, 0.717) is 13.2 Å². The van der Waals surface area contributed by atoms with Crippen molar-refractivity contribution in [3.63, 3.8) is 0 Å². The average Bonchev–Trinajstić information content (AvgIpc) is 2.34. The Morgan fingerprint density at radius 2 is 2.33 bits per heavy atom. The van der Waals surface area contributed by atoms with Crippen molar-refractivity contribution in [2.75, 3.05) is 31.7 Å². The van der Waals surface area contributed by atoms with Crippen molar-refractivity contribution >= 4 is 15.7 Å². The van der Waals surface area contributed by atoms with Crippen LogP contribution in [0, 0.1) is 11.3 Å². The number of morpholine rings is 1. The molecule has 0 bridgehead atoms. The summed E-state index contributed by atoms with van der Waals surface area (Å²) < 4.78 is 27.1. The molecule has 8 heteroatoms. The molecule has 0 spiro atoms. The molecule has 1 aliphatic rings. The van der Waals surface area contributed by atoms with Gasteiger partial charge in [-0.15, -0.1) is 0 Å². The molecule has 1 fully saturated rings. The monoisotopic (exact) mass is 275 g/mol. The van der Waals surface area contributed by atoms with Gasteiger partial charge in [-0.25, -0.2) is 8.42 Å². The standard InChI is InChI=1S/C10H17N3O4S/c1-18(15,16)5-2-9(12)10(14)13-3-4-17-8(6-11)7-13/h8-9H,2-5,7,12H2,1H3. The molecule has 1 rings (SSSR count). The third-order valence-electron chi connectivity index (χ3n) is 2.64. The Morgan fingerprint density at radius 1 is 1.67 bits per heavy atom. The Kier molecular flexibility index (Phi) is 5.07. The van der Waals surface area contributed by atoms with Gasteiger partial charge in [0, 0.05) is 12.8 Å². The molecule has 1 saturated heterocycles. The molecule has 2 N–H and O–H groups in total. The molecular formula is C10H17N3O4S. The van der Waals surface area contributed by atoms with Crippen molar-refractivity contribution in [3.8, 4) is 6.07 Å². The summed E-state index contributed by atoms with van der Waals surface area (Å²) in [6.07, 6.45) is 0.557. The highest BCUT2D eigenvalue weighted by Gasteiger charge is 2.27. The van der Waals surface area contributed by atoms with Gasteiger partial charge in [-0.05, 0) is 6.42 Å². The van der Waals surface area contributed by atoms with Crippen LogP contribution >= 0.6 is 0 Å². The van der Waals surface area contributed by atoms with Crippen LogP contribution in [0.2, 0.25) is 0 Å². The van der Waals surface area contributed by atoms with E-state index in [0.717, 1.165) is 6.26 Å². The maximum atomic E-state index is 11.9. The molecule has 0 radical (unpaired) electrons. The van der Waals surface area contributed by atoms with E-state index in [4.69, 9.17) is 15.7 Å². The summed E-state index contributed by atoms with van der Waals surface area (Å²) in [7, 11) is -3.13. The van der Waals surface area contributed by atoms with Crippen LogP contribution in [0.5, 0.6) is 0 Å². The molecule has 1 aliphatic heterocycles. The van der Waals surface area contributed by atoms with E-state index in [9.17, 15) is 13.2 Å². The van der Waals surface area contributed by atoms with Crippen molar-refractivity contribution in [3.05, 3.63) is 0 Å². The molecule has 0 aromatic carbocycles. The van der Waals surface area contributed by atoms with Crippen molar-refractivity contribution in [1.29, 1.82) is 5.26 Å². The zero-order chi connectivity index (χ0) is 13.8. The van der Waals surface area contributed by atoms with Crippen LogP contribution in [0.4, 0.5) is 0 Å². The fourth-order valence-electron chi connectivity index (χ4n) is 1.63. The second-order valence-electron chi connectivity index (χ2n) is 4.30. The Labute approximate surface area is 106 Å². The van der Waals surface area contributed by atoms with Crippen LogP contribution in [0.3, 0.4) is 0 Å². The highest BCUT2D eigenvalue weighted by molar-refractivity contribution is 7.90. The molecule has 1 heterocycles. The summed E-state index contributed by atoms with van der Waals surface area (Å²) in [5, 5.41) is 8.72. The fourth-order valence-corrected chi connectivity index (χ4v) is 2.31. The van der Waals surface area contributed by atoms with Crippen molar-refractivity contribution in [1.82, 2.24) is 4.90 Å². The van der Waals surface area contributed by atoms with Gasteiger partial charge in [0.25, 0.3) is 0 Å². The van der Waals surface area contributed by atoms with Gasteiger partial charge < -0.3 is 15.4 Å². The van der Waals surface area contributed by atoms with E-state index in [1.54, 1.807) is 0 Å². The fraction of sp³-hybridized carbons (Fsp3) is 0.800. The summed E-state index contributed by atoms with van der Waals surface area (Å²) in [6, 6.07) is 1.08. The number of carbonyl (C=O) groups is 1. The molecule has 0 saturated carbocycles. The minimum absolute atomic E-state index is 0.0895. The Bertz CT molecular complexity index is 443. The van der Waals surface area contributed by atoms with Crippen LogP contribution in [0.25, 0.3) is 0 Å². The van der Waals surface area contributed by atoms with Gasteiger partial charge in [-0.1, -0.05) is 0 Å². The number of hydrogen-bond acceptors (Lipinski definition) is 6. The average molecular weight is 275 g/mol. The molecule has 0 aliphatic carbocycles. The molecule has 2 atom stereocenters. The quantitative estimate of drug-likeness (QED) is 0.668. The van der Waals surface area contributed by atoms with Crippen LogP contribution < -0.4 is 5.73 Å². The van der Waals surface area contributed by atoms with Gasteiger partial charge in [0.2, 0.25) is 5.91 Å². The summed E-state index contributed by atoms with van der Waals surface area (Å²) in [4.78, 5) is 13.4. The van der Waals surface area contributed by atoms with E-state index in [-0.39, 0.29) is 24.6 Å². The first kappa shape index (κ1) is 14.9. The number of nitrogens with zero attached hydrogens (tertiary/aromatic N) is 2.